The van der Waals surface area contributed by atoms with Crippen molar-refractivity contribution in [2.75, 3.05) is 13.1 Å². The van der Waals surface area contributed by atoms with Gasteiger partial charge in [-0.2, -0.15) is 0 Å². The van der Waals surface area contributed by atoms with Crippen molar-refractivity contribution in [1.29, 1.82) is 0 Å². The van der Waals surface area contributed by atoms with E-state index in [1.165, 1.54) is 0 Å². The Morgan fingerprint density at radius 1 is 1.28 bits per heavy atom. The van der Waals surface area contributed by atoms with E-state index in [2.05, 4.69) is 15.3 Å². The van der Waals surface area contributed by atoms with E-state index in [9.17, 15) is 9.90 Å². The second kappa shape index (κ2) is 4.34. The van der Waals surface area contributed by atoms with Gasteiger partial charge in [0.2, 0.25) is 0 Å². The van der Waals surface area contributed by atoms with Crippen LogP contribution in [0.1, 0.15) is 11.6 Å². The molecule has 2 heterocycles. The number of nitrogens with zero attached hydrogens (tertiary/aromatic N) is 2. The van der Waals surface area contributed by atoms with Gasteiger partial charge in [-0.1, -0.05) is 12.1 Å². The van der Waals surface area contributed by atoms with Crippen LogP contribution in [0.3, 0.4) is 0 Å². The number of aromatic nitrogens is 2. The highest BCUT2D eigenvalue weighted by molar-refractivity contribution is 5.75. The van der Waals surface area contributed by atoms with Gasteiger partial charge in [0.25, 0.3) is 0 Å². The lowest BCUT2D eigenvalue weighted by molar-refractivity contribution is -0.141. The van der Waals surface area contributed by atoms with Crippen LogP contribution in [-0.4, -0.2) is 34.1 Å². The third-order valence-electron chi connectivity index (χ3n) is 3.38. The molecule has 0 spiro atoms. The van der Waals surface area contributed by atoms with E-state index in [-0.39, 0.29) is 5.92 Å². The Hall–Kier alpha value is -2.01. The topological polar surface area (TPSA) is 75.1 Å². The maximum atomic E-state index is 11.2. The van der Waals surface area contributed by atoms with Gasteiger partial charge in [-0.05, 0) is 12.1 Å². The summed E-state index contributed by atoms with van der Waals surface area (Å²) in [4.78, 5) is 20.0. The summed E-state index contributed by atoms with van der Waals surface area (Å²) in [5.41, 5.74) is 2.40. The van der Waals surface area contributed by atoms with Gasteiger partial charge in [0.05, 0.1) is 22.6 Å². The molecule has 0 amide bonds. The number of nitrogens with one attached hydrogen (secondary N) is 1. The number of fused-ring (bicyclic) bond motifs is 1. The van der Waals surface area contributed by atoms with Crippen LogP contribution in [0.15, 0.2) is 30.5 Å². The number of carboxylic acids is 1. The molecule has 5 nitrogen and oxygen atoms in total. The highest BCUT2D eigenvalue weighted by atomic mass is 16.4. The van der Waals surface area contributed by atoms with Crippen molar-refractivity contribution < 1.29 is 9.90 Å². The first kappa shape index (κ1) is 11.1. The van der Waals surface area contributed by atoms with Crippen molar-refractivity contribution >= 4 is 17.0 Å². The SMILES string of the molecule is O=C(O)C1CNCC1c1cnc2ccccc2n1. The zero-order chi connectivity index (χ0) is 12.5. The van der Waals surface area contributed by atoms with E-state index in [0.717, 1.165) is 16.7 Å². The molecule has 2 unspecified atom stereocenters. The first-order valence-electron chi connectivity index (χ1n) is 5.91. The molecule has 2 atom stereocenters. The fraction of sp³-hybridized carbons (Fsp3) is 0.308. The predicted molar refractivity (Wildman–Crippen MR) is 66.3 cm³/mol. The summed E-state index contributed by atoms with van der Waals surface area (Å²) in [5.74, 6) is -1.29. The fourth-order valence-electron chi connectivity index (χ4n) is 2.40. The highest BCUT2D eigenvalue weighted by Crippen LogP contribution is 2.27. The third kappa shape index (κ3) is 1.82. The summed E-state index contributed by atoms with van der Waals surface area (Å²) in [6, 6.07) is 7.61. The third-order valence-corrected chi connectivity index (χ3v) is 3.38. The van der Waals surface area contributed by atoms with Crippen LogP contribution in [0.2, 0.25) is 0 Å². The smallest absolute Gasteiger partial charge is 0.308 e. The van der Waals surface area contributed by atoms with Gasteiger partial charge in [-0.3, -0.25) is 9.78 Å². The number of benzene rings is 1. The van der Waals surface area contributed by atoms with Crippen LogP contribution < -0.4 is 5.32 Å². The van der Waals surface area contributed by atoms with Crippen molar-refractivity contribution in [2.45, 2.75) is 5.92 Å². The lowest BCUT2D eigenvalue weighted by Crippen LogP contribution is -2.21. The zero-order valence-electron chi connectivity index (χ0n) is 9.71. The van der Waals surface area contributed by atoms with Gasteiger partial charge < -0.3 is 10.4 Å². The first-order valence-corrected chi connectivity index (χ1v) is 5.91. The molecule has 1 aliphatic rings. The predicted octanol–water partition coefficient (Wildman–Crippen LogP) is 1.02. The normalized spacial score (nSPS) is 23.3. The molecule has 3 rings (SSSR count). The quantitative estimate of drug-likeness (QED) is 0.823. The van der Waals surface area contributed by atoms with Gasteiger partial charge >= 0.3 is 5.97 Å². The number of carboxylic acid groups (broad SMARTS) is 1. The molecule has 2 aromatic rings. The van der Waals surface area contributed by atoms with E-state index in [1.54, 1.807) is 6.20 Å². The van der Waals surface area contributed by atoms with Crippen molar-refractivity contribution in [3.63, 3.8) is 0 Å². The molecule has 1 aliphatic heterocycles. The molecule has 18 heavy (non-hydrogen) atoms. The minimum Gasteiger partial charge on any atom is -0.481 e. The van der Waals surface area contributed by atoms with E-state index >= 15 is 0 Å². The van der Waals surface area contributed by atoms with Crippen LogP contribution in [0.4, 0.5) is 0 Å². The van der Waals surface area contributed by atoms with E-state index in [0.29, 0.717) is 13.1 Å². The molecule has 0 saturated carbocycles. The Bertz CT molecular complexity index is 600. The maximum absolute atomic E-state index is 11.2. The van der Waals surface area contributed by atoms with Gasteiger partial charge in [0.1, 0.15) is 0 Å². The summed E-state index contributed by atoms with van der Waals surface area (Å²) in [6.07, 6.45) is 1.69. The zero-order valence-corrected chi connectivity index (χ0v) is 9.71. The molecule has 1 aromatic heterocycles. The summed E-state index contributed by atoms with van der Waals surface area (Å²) in [5, 5.41) is 12.3. The Morgan fingerprint density at radius 3 is 2.83 bits per heavy atom. The van der Waals surface area contributed by atoms with Crippen molar-refractivity contribution in [1.82, 2.24) is 15.3 Å². The molecule has 5 heteroatoms. The molecule has 0 radical (unpaired) electrons. The Kier molecular flexibility index (Phi) is 2.68. The van der Waals surface area contributed by atoms with E-state index < -0.39 is 11.9 Å². The molecule has 92 valence electrons. The summed E-state index contributed by atoms with van der Waals surface area (Å²) >= 11 is 0. The summed E-state index contributed by atoms with van der Waals surface area (Å²) in [6.45, 7) is 1.14. The lowest BCUT2D eigenvalue weighted by Gasteiger charge is -2.13. The van der Waals surface area contributed by atoms with Crippen molar-refractivity contribution in [3.05, 3.63) is 36.2 Å². The fourth-order valence-corrected chi connectivity index (χ4v) is 2.40. The number of rotatable bonds is 2. The summed E-state index contributed by atoms with van der Waals surface area (Å²) < 4.78 is 0. The van der Waals surface area contributed by atoms with Crippen LogP contribution in [0.25, 0.3) is 11.0 Å². The van der Waals surface area contributed by atoms with Gasteiger partial charge in [-0.25, -0.2) is 4.98 Å². The molecular formula is C13H13N3O2. The first-order chi connectivity index (χ1) is 8.75. The molecule has 0 bridgehead atoms. The molecule has 1 saturated heterocycles. The molecule has 1 fully saturated rings. The van der Waals surface area contributed by atoms with Gasteiger partial charge in [0, 0.05) is 25.2 Å². The Labute approximate surface area is 104 Å². The Balaban J connectivity index is 2.01. The molecule has 2 N–H and O–H groups in total. The molecule has 1 aromatic carbocycles. The second-order valence-electron chi connectivity index (χ2n) is 4.49. The molecule has 0 aliphatic carbocycles. The number of carbonyl (C=O) groups is 1. The summed E-state index contributed by atoms with van der Waals surface area (Å²) in [7, 11) is 0. The highest BCUT2D eigenvalue weighted by Gasteiger charge is 2.35. The molecular weight excluding hydrogens is 230 g/mol. The number of hydrogen-bond acceptors (Lipinski definition) is 4. The Morgan fingerprint density at radius 2 is 2.06 bits per heavy atom. The van der Waals surface area contributed by atoms with Gasteiger partial charge in [-0.15, -0.1) is 0 Å². The van der Waals surface area contributed by atoms with E-state index in [1.807, 2.05) is 24.3 Å². The number of para-hydroxylation sites is 2. The van der Waals surface area contributed by atoms with Gasteiger partial charge in [0.15, 0.2) is 0 Å². The number of hydrogen-bond donors (Lipinski definition) is 2. The van der Waals surface area contributed by atoms with Crippen LogP contribution >= 0.6 is 0 Å². The van der Waals surface area contributed by atoms with E-state index in [4.69, 9.17) is 0 Å². The second-order valence-corrected chi connectivity index (χ2v) is 4.49. The van der Waals surface area contributed by atoms with Crippen molar-refractivity contribution in [2.24, 2.45) is 5.92 Å². The van der Waals surface area contributed by atoms with Crippen LogP contribution in [-0.2, 0) is 4.79 Å². The van der Waals surface area contributed by atoms with Crippen LogP contribution in [0, 0.1) is 5.92 Å². The van der Waals surface area contributed by atoms with Crippen LogP contribution in [0.5, 0.6) is 0 Å². The minimum absolute atomic E-state index is 0.0976. The van der Waals surface area contributed by atoms with Crippen molar-refractivity contribution in [3.8, 4) is 0 Å². The lowest BCUT2D eigenvalue weighted by atomic mass is 9.93. The number of aliphatic carboxylic acids is 1. The average molecular weight is 243 g/mol. The monoisotopic (exact) mass is 243 g/mol. The minimum atomic E-state index is -0.778. The maximum Gasteiger partial charge on any atom is 0.308 e. The standard InChI is InChI=1S/C13H13N3O2/c17-13(18)9-6-14-5-8(9)12-7-15-10-3-1-2-4-11(10)16-12/h1-4,7-9,14H,5-6H2,(H,17,18). The average Bonchev–Trinajstić information content (AvgIpc) is 2.87. The largest absolute Gasteiger partial charge is 0.481 e.